The summed E-state index contributed by atoms with van der Waals surface area (Å²) >= 11 is 0. The summed E-state index contributed by atoms with van der Waals surface area (Å²) < 4.78 is 2.38. The minimum atomic E-state index is 1.16. The van der Waals surface area contributed by atoms with Gasteiger partial charge in [-0.3, -0.25) is 0 Å². The average molecular weight is 227 g/mol. The second-order valence-electron chi connectivity index (χ2n) is 4.91. The molecule has 0 aromatic carbocycles. The van der Waals surface area contributed by atoms with Crippen molar-refractivity contribution in [3.05, 3.63) is 38.5 Å². The Hall–Kier alpha value is -1.50. The maximum absolute atomic E-state index is 4.24. The summed E-state index contributed by atoms with van der Waals surface area (Å²) in [5, 5.41) is 2.44. The second-order valence-corrected chi connectivity index (χ2v) is 4.91. The van der Waals surface area contributed by atoms with Gasteiger partial charge in [-0.1, -0.05) is 12.7 Å². The fraction of sp³-hybridized carbons (Fsp3) is 0.375. The maximum atomic E-state index is 4.24. The van der Waals surface area contributed by atoms with Gasteiger partial charge in [-0.2, -0.15) is 0 Å². The standard InChI is InChI=1S/C16H21N/c1-8-15-11(4)9(2)13(6)17-14(7)10(3)12(5)16(15)17/h8H,4H2,1-3,5-7H3/b15-8-. The number of hydrogen-bond donors (Lipinski definition) is 0. The zero-order valence-electron chi connectivity index (χ0n) is 11.7. The Morgan fingerprint density at radius 1 is 0.882 bits per heavy atom. The van der Waals surface area contributed by atoms with Crippen molar-refractivity contribution >= 4 is 18.2 Å². The van der Waals surface area contributed by atoms with Gasteiger partial charge >= 0.3 is 0 Å². The molecule has 0 aliphatic heterocycles. The molecule has 90 valence electrons. The molecule has 0 N–H and O–H groups in total. The van der Waals surface area contributed by atoms with Crippen molar-refractivity contribution in [3.8, 4) is 0 Å². The molecular formula is C16H21N. The average Bonchev–Trinajstić information content (AvgIpc) is 2.53. The fourth-order valence-corrected chi connectivity index (χ4v) is 2.74. The molecule has 1 nitrogen and oxygen atoms in total. The predicted molar refractivity (Wildman–Crippen MR) is 76.0 cm³/mol. The molecule has 0 bridgehead atoms. The number of aromatic nitrogens is 1. The van der Waals surface area contributed by atoms with Crippen LogP contribution in [-0.4, -0.2) is 4.40 Å². The van der Waals surface area contributed by atoms with Crippen molar-refractivity contribution in [2.75, 3.05) is 0 Å². The van der Waals surface area contributed by atoms with E-state index in [2.05, 4.69) is 58.6 Å². The molecule has 2 heterocycles. The normalized spacial score (nSPS) is 12.7. The molecule has 0 saturated carbocycles. The van der Waals surface area contributed by atoms with Gasteiger partial charge in [0.15, 0.2) is 0 Å². The van der Waals surface area contributed by atoms with Gasteiger partial charge in [-0.05, 0) is 63.5 Å². The Kier molecular flexibility index (Phi) is 2.65. The summed E-state index contributed by atoms with van der Waals surface area (Å²) in [5.74, 6) is 0. The highest BCUT2D eigenvalue weighted by atomic mass is 14.9. The molecule has 0 aliphatic rings. The molecule has 0 radical (unpaired) electrons. The van der Waals surface area contributed by atoms with E-state index >= 15 is 0 Å². The lowest BCUT2D eigenvalue weighted by Crippen LogP contribution is -2.30. The number of nitrogens with zero attached hydrogens (tertiary/aromatic N) is 1. The van der Waals surface area contributed by atoms with E-state index in [4.69, 9.17) is 0 Å². The number of aryl methyl sites for hydroxylation is 3. The summed E-state index contributed by atoms with van der Waals surface area (Å²) in [6.07, 6.45) is 2.18. The highest BCUT2D eigenvalue weighted by Gasteiger charge is 2.13. The van der Waals surface area contributed by atoms with Crippen LogP contribution >= 0.6 is 0 Å². The Labute approximate surface area is 103 Å². The molecule has 0 unspecified atom stereocenters. The number of hydrogen-bond acceptors (Lipinski definition) is 0. The first-order valence-corrected chi connectivity index (χ1v) is 6.14. The van der Waals surface area contributed by atoms with E-state index in [-0.39, 0.29) is 0 Å². The molecule has 0 saturated heterocycles. The van der Waals surface area contributed by atoms with Crippen LogP contribution in [0.2, 0.25) is 0 Å². The third kappa shape index (κ3) is 1.38. The van der Waals surface area contributed by atoms with Crippen molar-refractivity contribution in [2.24, 2.45) is 0 Å². The molecule has 0 fully saturated rings. The highest BCUT2D eigenvalue weighted by molar-refractivity contribution is 5.65. The molecule has 1 heteroatoms. The Morgan fingerprint density at radius 2 is 1.41 bits per heavy atom. The third-order valence-corrected chi connectivity index (χ3v) is 4.22. The molecule has 2 rings (SSSR count). The molecule has 0 spiro atoms. The molecule has 17 heavy (non-hydrogen) atoms. The van der Waals surface area contributed by atoms with Gasteiger partial charge in [0.25, 0.3) is 0 Å². The van der Waals surface area contributed by atoms with Gasteiger partial charge in [0, 0.05) is 16.6 Å². The smallest absolute Gasteiger partial charge is 0.0562 e. The van der Waals surface area contributed by atoms with Gasteiger partial charge in [0.1, 0.15) is 0 Å². The van der Waals surface area contributed by atoms with E-state index in [0.29, 0.717) is 0 Å². The monoisotopic (exact) mass is 227 g/mol. The molecule has 2 aromatic heterocycles. The highest BCUT2D eigenvalue weighted by Crippen LogP contribution is 2.20. The first-order valence-electron chi connectivity index (χ1n) is 6.14. The summed E-state index contributed by atoms with van der Waals surface area (Å²) in [5.41, 5.74) is 8.05. The summed E-state index contributed by atoms with van der Waals surface area (Å²) in [7, 11) is 0. The van der Waals surface area contributed by atoms with Crippen LogP contribution in [0.25, 0.3) is 18.2 Å². The quantitative estimate of drug-likeness (QED) is 0.652. The van der Waals surface area contributed by atoms with Crippen LogP contribution in [0.15, 0.2) is 0 Å². The topological polar surface area (TPSA) is 4.41 Å². The van der Waals surface area contributed by atoms with Crippen molar-refractivity contribution < 1.29 is 0 Å². The van der Waals surface area contributed by atoms with E-state index in [1.807, 2.05) is 0 Å². The molecular weight excluding hydrogens is 206 g/mol. The molecule has 0 amide bonds. The first kappa shape index (κ1) is 12.0. The molecule has 0 atom stereocenters. The summed E-state index contributed by atoms with van der Waals surface area (Å²) in [6, 6.07) is 0. The van der Waals surface area contributed by atoms with Gasteiger partial charge in [-0.25, -0.2) is 0 Å². The van der Waals surface area contributed by atoms with Gasteiger partial charge in [0.05, 0.1) is 5.52 Å². The van der Waals surface area contributed by atoms with E-state index in [1.54, 1.807) is 0 Å². The van der Waals surface area contributed by atoms with Crippen LogP contribution < -0.4 is 10.4 Å². The SMILES string of the molecule is C=c1c(C)c(C)n2c(C)c(C)c(C)c2/c1=C\C. The lowest BCUT2D eigenvalue weighted by atomic mass is 10.1. The van der Waals surface area contributed by atoms with Crippen LogP contribution in [-0.2, 0) is 0 Å². The van der Waals surface area contributed by atoms with Crippen LogP contribution in [0.5, 0.6) is 0 Å². The Balaban J connectivity index is 3.32. The third-order valence-electron chi connectivity index (χ3n) is 4.22. The largest absolute Gasteiger partial charge is 0.317 e. The zero-order chi connectivity index (χ0) is 12.9. The lowest BCUT2D eigenvalue weighted by Gasteiger charge is -2.10. The summed E-state index contributed by atoms with van der Waals surface area (Å²) in [6.45, 7) is 17.3. The van der Waals surface area contributed by atoms with E-state index in [1.165, 1.54) is 38.8 Å². The van der Waals surface area contributed by atoms with Gasteiger partial charge < -0.3 is 4.40 Å². The van der Waals surface area contributed by atoms with Crippen molar-refractivity contribution in [1.29, 1.82) is 0 Å². The van der Waals surface area contributed by atoms with Gasteiger partial charge in [-0.15, -0.1) is 0 Å². The number of fused-ring (bicyclic) bond motifs is 1. The van der Waals surface area contributed by atoms with E-state index < -0.39 is 0 Å². The fourth-order valence-electron chi connectivity index (χ4n) is 2.74. The minimum absolute atomic E-state index is 1.16. The van der Waals surface area contributed by atoms with Crippen LogP contribution in [0.3, 0.4) is 0 Å². The summed E-state index contributed by atoms with van der Waals surface area (Å²) in [4.78, 5) is 0. The van der Waals surface area contributed by atoms with Crippen LogP contribution in [0, 0.1) is 34.6 Å². The van der Waals surface area contributed by atoms with E-state index in [0.717, 1.165) is 5.22 Å². The Morgan fingerprint density at radius 3 is 1.94 bits per heavy atom. The van der Waals surface area contributed by atoms with E-state index in [9.17, 15) is 0 Å². The molecule has 0 aliphatic carbocycles. The number of rotatable bonds is 0. The van der Waals surface area contributed by atoms with Crippen molar-refractivity contribution in [2.45, 2.75) is 41.5 Å². The van der Waals surface area contributed by atoms with Gasteiger partial charge in [0.2, 0.25) is 0 Å². The van der Waals surface area contributed by atoms with Crippen molar-refractivity contribution in [3.63, 3.8) is 0 Å². The predicted octanol–water partition coefficient (Wildman–Crippen LogP) is 2.69. The Bertz CT molecular complexity index is 715. The van der Waals surface area contributed by atoms with Crippen LogP contribution in [0.1, 0.15) is 35.0 Å². The molecule has 2 aromatic rings. The first-order chi connectivity index (χ1) is 7.91. The maximum Gasteiger partial charge on any atom is 0.0562 e. The minimum Gasteiger partial charge on any atom is -0.317 e. The zero-order valence-corrected chi connectivity index (χ0v) is 11.7. The second kappa shape index (κ2) is 3.76. The van der Waals surface area contributed by atoms with Crippen molar-refractivity contribution in [1.82, 2.24) is 4.40 Å². The lowest BCUT2D eigenvalue weighted by molar-refractivity contribution is 0.997. The number of pyridine rings is 1. The van der Waals surface area contributed by atoms with Crippen LogP contribution in [0.4, 0.5) is 0 Å².